The van der Waals surface area contributed by atoms with Crippen molar-refractivity contribution < 1.29 is 4.42 Å². The number of nitrogens with zero attached hydrogens (tertiary/aromatic N) is 4. The number of aromatic nitrogens is 2. The highest BCUT2D eigenvalue weighted by Gasteiger charge is 2.22. The predicted molar refractivity (Wildman–Crippen MR) is 223 cm³/mol. The molecule has 3 heterocycles. The van der Waals surface area contributed by atoms with Crippen LogP contribution >= 0.6 is 0 Å². The van der Waals surface area contributed by atoms with E-state index in [9.17, 15) is 10.5 Å². The van der Waals surface area contributed by atoms with Crippen molar-refractivity contribution in [3.8, 4) is 45.8 Å². The summed E-state index contributed by atoms with van der Waals surface area (Å²) < 4.78 is 11.3. The summed E-state index contributed by atoms with van der Waals surface area (Å²) in [6, 6.07) is 63.0. The normalized spacial score (nSPS) is 11.6. The van der Waals surface area contributed by atoms with E-state index in [0.717, 1.165) is 88.4 Å². The lowest BCUT2D eigenvalue weighted by atomic mass is 9.92. The smallest absolute Gasteiger partial charge is 0.145 e. The molecule has 0 saturated carbocycles. The van der Waals surface area contributed by atoms with Crippen LogP contribution in [0.15, 0.2) is 174 Å². The second-order valence-electron chi connectivity index (χ2n) is 13.9. The summed E-state index contributed by atoms with van der Waals surface area (Å²) >= 11 is 0. The fraction of sp³-hybridized carbons (Fsp3) is 0. The van der Waals surface area contributed by atoms with Crippen LogP contribution in [0.4, 0.5) is 0 Å². The Bertz CT molecular complexity index is 3420. The first-order chi connectivity index (χ1) is 27.2. The fourth-order valence-electron chi connectivity index (χ4n) is 8.64. The summed E-state index contributed by atoms with van der Waals surface area (Å²) in [5.41, 5.74) is 12.5. The van der Waals surface area contributed by atoms with E-state index < -0.39 is 0 Å². The predicted octanol–water partition coefficient (Wildman–Crippen LogP) is 12.9. The third-order valence-electron chi connectivity index (χ3n) is 11.0. The highest BCUT2D eigenvalue weighted by molar-refractivity contribution is 6.24. The van der Waals surface area contributed by atoms with Gasteiger partial charge in [-0.3, -0.25) is 0 Å². The van der Waals surface area contributed by atoms with Crippen LogP contribution in [0.3, 0.4) is 0 Å². The molecule has 11 aromatic rings. The molecule has 0 aliphatic carbocycles. The molecule has 0 saturated heterocycles. The van der Waals surface area contributed by atoms with Crippen LogP contribution in [-0.2, 0) is 0 Å². The zero-order chi connectivity index (χ0) is 36.6. The molecule has 0 radical (unpaired) electrons. The molecule has 8 aromatic carbocycles. The van der Waals surface area contributed by atoms with Crippen molar-refractivity contribution >= 4 is 65.6 Å². The summed E-state index contributed by atoms with van der Waals surface area (Å²) in [4.78, 5) is 0. The zero-order valence-electron chi connectivity index (χ0n) is 29.4. The standard InChI is InChI=1S/C50H28N4O/c51-29-32-11-1-2-12-35(32)36-23-21-31(27-33(36)30-52)37-24-22-34(28-47(37)54-43-17-7-3-13-38(43)39-14-4-8-18-44(39)54)53-45-19-9-5-16-42(45)49-46(53)26-25-41-40-15-6-10-20-48(40)55-50(41)49/h1-28H. The Morgan fingerprint density at radius 1 is 0.418 bits per heavy atom. The van der Waals surface area contributed by atoms with Gasteiger partial charge in [-0.05, 0) is 66.2 Å². The summed E-state index contributed by atoms with van der Waals surface area (Å²) in [5.74, 6) is 0. The number of rotatable bonds is 4. The average molecular weight is 701 g/mol. The maximum atomic E-state index is 10.5. The van der Waals surface area contributed by atoms with Gasteiger partial charge in [-0.25, -0.2) is 0 Å². The Balaban J connectivity index is 1.22. The fourth-order valence-corrected chi connectivity index (χ4v) is 8.64. The molecule has 0 fully saturated rings. The van der Waals surface area contributed by atoms with Gasteiger partial charge in [0.05, 0.1) is 56.4 Å². The second-order valence-corrected chi connectivity index (χ2v) is 13.9. The number of benzene rings is 8. The van der Waals surface area contributed by atoms with E-state index in [1.165, 1.54) is 10.8 Å². The van der Waals surface area contributed by atoms with E-state index in [2.05, 4.69) is 143 Å². The molecule has 5 nitrogen and oxygen atoms in total. The van der Waals surface area contributed by atoms with E-state index in [1.54, 1.807) is 6.07 Å². The number of furan rings is 1. The molecule has 0 aliphatic rings. The minimum atomic E-state index is 0.509. The molecule has 0 atom stereocenters. The lowest BCUT2D eigenvalue weighted by Crippen LogP contribution is -2.01. The first-order valence-electron chi connectivity index (χ1n) is 18.2. The Morgan fingerprint density at radius 3 is 1.76 bits per heavy atom. The molecule has 0 N–H and O–H groups in total. The van der Waals surface area contributed by atoms with Crippen LogP contribution in [0.5, 0.6) is 0 Å². The SMILES string of the molecule is N#Cc1ccccc1-c1ccc(-c2ccc(-n3c4ccccc4c4c5oc6ccccc6c5ccc43)cc2-n2c3ccccc3c3ccccc32)cc1C#N. The van der Waals surface area contributed by atoms with E-state index in [4.69, 9.17) is 4.42 Å². The van der Waals surface area contributed by atoms with Crippen molar-refractivity contribution in [1.82, 2.24) is 9.13 Å². The van der Waals surface area contributed by atoms with Gasteiger partial charge < -0.3 is 13.6 Å². The first-order valence-corrected chi connectivity index (χ1v) is 18.2. The van der Waals surface area contributed by atoms with Crippen molar-refractivity contribution in [3.63, 3.8) is 0 Å². The zero-order valence-corrected chi connectivity index (χ0v) is 29.4. The summed E-state index contributed by atoms with van der Waals surface area (Å²) in [5, 5.41) is 27.1. The number of fused-ring (bicyclic) bond motifs is 10. The third-order valence-corrected chi connectivity index (χ3v) is 11.0. The van der Waals surface area contributed by atoms with Gasteiger partial charge in [-0.2, -0.15) is 10.5 Å². The number of para-hydroxylation sites is 4. The monoisotopic (exact) mass is 700 g/mol. The van der Waals surface area contributed by atoms with Gasteiger partial charge in [0.15, 0.2) is 0 Å². The number of hydrogen-bond acceptors (Lipinski definition) is 3. The quantitative estimate of drug-likeness (QED) is 0.183. The molecule has 0 aliphatic heterocycles. The van der Waals surface area contributed by atoms with Crippen LogP contribution < -0.4 is 0 Å². The van der Waals surface area contributed by atoms with Crippen molar-refractivity contribution in [2.45, 2.75) is 0 Å². The van der Waals surface area contributed by atoms with Gasteiger partial charge in [0.1, 0.15) is 11.2 Å². The summed E-state index contributed by atoms with van der Waals surface area (Å²) in [6.45, 7) is 0. The Hall–Kier alpha value is -7.86. The maximum absolute atomic E-state index is 10.5. The Labute approximate surface area is 315 Å². The van der Waals surface area contributed by atoms with Gasteiger partial charge in [-0.1, -0.05) is 109 Å². The second kappa shape index (κ2) is 11.8. The summed E-state index contributed by atoms with van der Waals surface area (Å²) in [6.07, 6.45) is 0. The topological polar surface area (TPSA) is 70.6 Å². The molecule has 0 amide bonds. The van der Waals surface area contributed by atoms with Crippen LogP contribution in [0.1, 0.15) is 11.1 Å². The minimum absolute atomic E-state index is 0.509. The van der Waals surface area contributed by atoms with E-state index in [-0.39, 0.29) is 0 Å². The van der Waals surface area contributed by atoms with Crippen LogP contribution in [0, 0.1) is 22.7 Å². The van der Waals surface area contributed by atoms with E-state index in [1.807, 2.05) is 42.5 Å². The molecule has 254 valence electrons. The molecule has 11 rings (SSSR count). The molecule has 0 spiro atoms. The van der Waals surface area contributed by atoms with Gasteiger partial charge in [0.2, 0.25) is 0 Å². The molecular weight excluding hydrogens is 673 g/mol. The largest absolute Gasteiger partial charge is 0.455 e. The van der Waals surface area contributed by atoms with Gasteiger partial charge >= 0.3 is 0 Å². The van der Waals surface area contributed by atoms with Crippen LogP contribution in [0.25, 0.3) is 99.2 Å². The highest BCUT2D eigenvalue weighted by Crippen LogP contribution is 2.43. The lowest BCUT2D eigenvalue weighted by Gasteiger charge is -2.18. The van der Waals surface area contributed by atoms with E-state index >= 15 is 0 Å². The van der Waals surface area contributed by atoms with Gasteiger partial charge in [-0.15, -0.1) is 0 Å². The molecule has 5 heteroatoms. The highest BCUT2D eigenvalue weighted by atomic mass is 16.3. The lowest BCUT2D eigenvalue weighted by molar-refractivity contribution is 0.673. The molecule has 55 heavy (non-hydrogen) atoms. The van der Waals surface area contributed by atoms with Gasteiger partial charge in [0, 0.05) is 49.3 Å². The average Bonchev–Trinajstić information content (AvgIpc) is 3.91. The van der Waals surface area contributed by atoms with Gasteiger partial charge in [0.25, 0.3) is 0 Å². The minimum Gasteiger partial charge on any atom is -0.455 e. The van der Waals surface area contributed by atoms with Crippen LogP contribution in [-0.4, -0.2) is 9.13 Å². The molecular formula is C50H28N4O. The van der Waals surface area contributed by atoms with Crippen molar-refractivity contribution in [3.05, 3.63) is 181 Å². The first kappa shape index (κ1) is 30.7. The van der Waals surface area contributed by atoms with Crippen LogP contribution in [0.2, 0.25) is 0 Å². The van der Waals surface area contributed by atoms with Crippen molar-refractivity contribution in [1.29, 1.82) is 10.5 Å². The Morgan fingerprint density at radius 2 is 1.02 bits per heavy atom. The molecule has 0 unspecified atom stereocenters. The maximum Gasteiger partial charge on any atom is 0.145 e. The number of nitriles is 2. The Kier molecular flexibility index (Phi) is 6.61. The van der Waals surface area contributed by atoms with Crippen molar-refractivity contribution in [2.24, 2.45) is 0 Å². The third kappa shape index (κ3) is 4.45. The number of hydrogen-bond donors (Lipinski definition) is 0. The molecule has 0 bridgehead atoms. The molecule has 3 aromatic heterocycles. The van der Waals surface area contributed by atoms with Crippen molar-refractivity contribution in [2.75, 3.05) is 0 Å². The summed E-state index contributed by atoms with van der Waals surface area (Å²) in [7, 11) is 0. The van der Waals surface area contributed by atoms with E-state index in [0.29, 0.717) is 11.1 Å².